The molecule has 0 spiro atoms. The van der Waals surface area contributed by atoms with E-state index in [4.69, 9.17) is 9.94 Å². The van der Waals surface area contributed by atoms with Crippen LogP contribution in [0.1, 0.15) is 43.1 Å². The van der Waals surface area contributed by atoms with Crippen molar-refractivity contribution in [3.63, 3.8) is 0 Å². The van der Waals surface area contributed by atoms with E-state index in [9.17, 15) is 9.18 Å². The van der Waals surface area contributed by atoms with Gasteiger partial charge in [-0.1, -0.05) is 32.9 Å². The van der Waals surface area contributed by atoms with Crippen LogP contribution >= 0.6 is 0 Å². The highest BCUT2D eigenvalue weighted by Crippen LogP contribution is 2.29. The lowest BCUT2D eigenvalue weighted by molar-refractivity contribution is 0.0705. The lowest BCUT2D eigenvalue weighted by Crippen LogP contribution is -2.19. The molecular formula is C17H19FN2O3. The van der Waals surface area contributed by atoms with E-state index in [1.807, 2.05) is 12.1 Å². The van der Waals surface area contributed by atoms with Gasteiger partial charge in [0.15, 0.2) is 5.82 Å². The second-order valence-electron chi connectivity index (χ2n) is 5.82. The molecule has 0 fully saturated rings. The second kappa shape index (κ2) is 6.75. The Labute approximate surface area is 134 Å². The second-order valence-corrected chi connectivity index (χ2v) is 5.82. The van der Waals surface area contributed by atoms with Crippen molar-refractivity contribution < 1.29 is 19.1 Å². The minimum atomic E-state index is -0.839. The summed E-state index contributed by atoms with van der Waals surface area (Å²) in [4.78, 5) is 14.9. The monoisotopic (exact) mass is 318 g/mol. The zero-order chi connectivity index (χ0) is 17.0. The molecule has 0 saturated heterocycles. The molecule has 0 radical (unpaired) electrons. The van der Waals surface area contributed by atoms with Crippen molar-refractivity contribution in [1.82, 2.24) is 10.5 Å². The zero-order valence-corrected chi connectivity index (χ0v) is 13.3. The Hall–Kier alpha value is -2.47. The molecule has 0 unspecified atom stereocenters. The van der Waals surface area contributed by atoms with E-state index in [0.29, 0.717) is 5.75 Å². The molecule has 2 aromatic rings. The van der Waals surface area contributed by atoms with Gasteiger partial charge in [-0.2, -0.15) is 0 Å². The molecule has 0 aliphatic carbocycles. The predicted octanol–water partition coefficient (Wildman–Crippen LogP) is 3.82. The third-order valence-corrected chi connectivity index (χ3v) is 3.91. The van der Waals surface area contributed by atoms with Gasteiger partial charge in [0.1, 0.15) is 5.75 Å². The number of benzene rings is 1. The molecule has 0 aliphatic heterocycles. The molecule has 1 amide bonds. The van der Waals surface area contributed by atoms with Crippen LogP contribution in [-0.2, 0) is 5.41 Å². The fourth-order valence-electron chi connectivity index (χ4n) is 1.98. The molecule has 122 valence electrons. The molecule has 2 N–H and O–H groups in total. The summed E-state index contributed by atoms with van der Waals surface area (Å²) in [6.07, 6.45) is 2.12. The smallest absolute Gasteiger partial charge is 0.276 e. The van der Waals surface area contributed by atoms with E-state index in [2.05, 4.69) is 25.8 Å². The third-order valence-electron chi connectivity index (χ3n) is 3.91. The van der Waals surface area contributed by atoms with E-state index in [1.165, 1.54) is 5.48 Å². The maximum absolute atomic E-state index is 13.9. The Morgan fingerprint density at radius 1 is 1.35 bits per heavy atom. The number of nitrogens with zero attached hydrogens (tertiary/aromatic N) is 1. The van der Waals surface area contributed by atoms with Crippen LogP contribution < -0.4 is 10.2 Å². The minimum absolute atomic E-state index is 0.0569. The number of halogens is 1. The highest BCUT2D eigenvalue weighted by molar-refractivity contribution is 5.93. The number of hydrogen-bond acceptors (Lipinski definition) is 4. The number of carbonyl (C=O) groups is 1. The van der Waals surface area contributed by atoms with Gasteiger partial charge in [-0.3, -0.25) is 10.0 Å². The Morgan fingerprint density at radius 2 is 2.00 bits per heavy atom. The fourth-order valence-corrected chi connectivity index (χ4v) is 1.98. The third kappa shape index (κ3) is 3.84. The summed E-state index contributed by atoms with van der Waals surface area (Å²) in [5.41, 5.74) is 2.54. The first-order chi connectivity index (χ1) is 10.9. The predicted molar refractivity (Wildman–Crippen MR) is 83.3 cm³/mol. The van der Waals surface area contributed by atoms with Gasteiger partial charge >= 0.3 is 0 Å². The fraction of sp³-hybridized carbons (Fsp3) is 0.294. The number of rotatable bonds is 5. The molecule has 0 bridgehead atoms. The Kier molecular flexibility index (Phi) is 4.95. The molecule has 2 rings (SSSR count). The standard InChI is InChI=1S/C17H19FN2O3/c1-4-17(2,3)12-5-7-13(8-6-12)23-16-14(18)9-11(10-19-16)15(21)20-22/h5-10,22H,4H2,1-3H3,(H,20,21). The maximum atomic E-state index is 13.9. The van der Waals surface area contributed by atoms with Crippen molar-refractivity contribution in [2.75, 3.05) is 0 Å². The van der Waals surface area contributed by atoms with Gasteiger partial charge in [0.25, 0.3) is 11.8 Å². The molecule has 6 heteroatoms. The SMILES string of the molecule is CCC(C)(C)c1ccc(Oc2ncc(C(=O)NO)cc2F)cc1. The van der Waals surface area contributed by atoms with Crippen LogP contribution in [0.4, 0.5) is 4.39 Å². The number of carbonyl (C=O) groups excluding carboxylic acids is 1. The van der Waals surface area contributed by atoms with Gasteiger partial charge in [0, 0.05) is 6.20 Å². The van der Waals surface area contributed by atoms with Crippen LogP contribution in [0.3, 0.4) is 0 Å². The summed E-state index contributed by atoms with van der Waals surface area (Å²) >= 11 is 0. The quantitative estimate of drug-likeness (QED) is 0.649. The number of hydrogen-bond donors (Lipinski definition) is 2. The first kappa shape index (κ1) is 16.9. The van der Waals surface area contributed by atoms with Crippen molar-refractivity contribution in [2.24, 2.45) is 0 Å². The van der Waals surface area contributed by atoms with Gasteiger partial charge < -0.3 is 4.74 Å². The first-order valence-corrected chi connectivity index (χ1v) is 7.25. The summed E-state index contributed by atoms with van der Waals surface area (Å²) in [6, 6.07) is 8.32. The Balaban J connectivity index is 2.18. The number of nitrogens with one attached hydrogen (secondary N) is 1. The molecule has 0 atom stereocenters. The number of aromatic nitrogens is 1. The van der Waals surface area contributed by atoms with E-state index in [1.54, 1.807) is 12.1 Å². The number of pyridine rings is 1. The largest absolute Gasteiger partial charge is 0.436 e. The molecule has 1 aromatic carbocycles. The molecule has 1 heterocycles. The van der Waals surface area contributed by atoms with Gasteiger partial charge in [0.2, 0.25) is 0 Å². The van der Waals surface area contributed by atoms with E-state index in [-0.39, 0.29) is 16.9 Å². The highest BCUT2D eigenvalue weighted by Gasteiger charge is 2.18. The molecule has 0 saturated carbocycles. The molecule has 1 aromatic heterocycles. The van der Waals surface area contributed by atoms with Gasteiger partial charge in [-0.15, -0.1) is 0 Å². The van der Waals surface area contributed by atoms with Gasteiger partial charge in [-0.25, -0.2) is 14.9 Å². The van der Waals surface area contributed by atoms with Crippen LogP contribution in [0.2, 0.25) is 0 Å². The average molecular weight is 318 g/mol. The summed E-state index contributed by atoms with van der Waals surface area (Å²) in [5, 5.41) is 8.51. The summed E-state index contributed by atoms with van der Waals surface area (Å²) < 4.78 is 19.3. The maximum Gasteiger partial charge on any atom is 0.276 e. The van der Waals surface area contributed by atoms with Crippen molar-refractivity contribution in [2.45, 2.75) is 32.6 Å². The van der Waals surface area contributed by atoms with Crippen molar-refractivity contribution in [1.29, 1.82) is 0 Å². The van der Waals surface area contributed by atoms with E-state index < -0.39 is 11.7 Å². The van der Waals surface area contributed by atoms with Crippen LogP contribution in [0.5, 0.6) is 11.6 Å². The molecule has 0 aliphatic rings. The van der Waals surface area contributed by atoms with Crippen LogP contribution in [0.15, 0.2) is 36.5 Å². The lowest BCUT2D eigenvalue weighted by Gasteiger charge is -2.23. The Morgan fingerprint density at radius 3 is 2.52 bits per heavy atom. The van der Waals surface area contributed by atoms with Crippen molar-refractivity contribution in [3.8, 4) is 11.6 Å². The number of hydroxylamine groups is 1. The summed E-state index contributed by atoms with van der Waals surface area (Å²) in [5.74, 6) is -1.41. The van der Waals surface area contributed by atoms with Crippen molar-refractivity contribution in [3.05, 3.63) is 53.5 Å². The van der Waals surface area contributed by atoms with E-state index in [0.717, 1.165) is 24.2 Å². The number of ether oxygens (including phenoxy) is 1. The first-order valence-electron chi connectivity index (χ1n) is 7.25. The zero-order valence-electron chi connectivity index (χ0n) is 13.3. The molecule has 5 nitrogen and oxygen atoms in total. The van der Waals surface area contributed by atoms with Gasteiger partial charge in [0.05, 0.1) is 5.56 Å². The molecule has 23 heavy (non-hydrogen) atoms. The van der Waals surface area contributed by atoms with E-state index >= 15 is 0 Å². The normalized spacial score (nSPS) is 11.2. The number of amides is 1. The minimum Gasteiger partial charge on any atom is -0.436 e. The van der Waals surface area contributed by atoms with Gasteiger partial charge in [-0.05, 0) is 35.6 Å². The summed E-state index contributed by atoms with van der Waals surface area (Å²) in [7, 11) is 0. The van der Waals surface area contributed by atoms with Crippen molar-refractivity contribution >= 4 is 5.91 Å². The highest BCUT2D eigenvalue weighted by atomic mass is 19.1. The van der Waals surface area contributed by atoms with Crippen LogP contribution in [-0.4, -0.2) is 16.1 Å². The topological polar surface area (TPSA) is 71.5 Å². The Bertz CT molecular complexity index is 699. The molecular weight excluding hydrogens is 299 g/mol. The lowest BCUT2D eigenvalue weighted by atomic mass is 9.82. The average Bonchev–Trinajstić information content (AvgIpc) is 2.56. The van der Waals surface area contributed by atoms with Crippen LogP contribution in [0.25, 0.3) is 0 Å². The summed E-state index contributed by atoms with van der Waals surface area (Å²) in [6.45, 7) is 6.41. The van der Waals surface area contributed by atoms with Crippen LogP contribution in [0, 0.1) is 5.82 Å².